The van der Waals surface area contributed by atoms with Crippen LogP contribution in [0.1, 0.15) is 10.6 Å². The Balaban J connectivity index is 2.24. The Hall–Kier alpha value is -1.79. The number of halogens is 1. The second-order valence-electron chi connectivity index (χ2n) is 3.87. The molecule has 1 N–H and O–H groups in total. The van der Waals surface area contributed by atoms with E-state index in [-0.39, 0.29) is 5.76 Å². The number of amides is 1. The quantitative estimate of drug-likeness (QED) is 0.943. The first-order chi connectivity index (χ1) is 8.85. The van der Waals surface area contributed by atoms with E-state index in [0.29, 0.717) is 10.8 Å². The number of sulfonamides is 1. The fraction of sp³-hybridized carbons (Fsp3) is 0.0833. The topological polar surface area (TPSA) is 76.4 Å². The molecule has 100 valence electrons. The van der Waals surface area contributed by atoms with Gasteiger partial charge in [-0.1, -0.05) is 11.6 Å². The van der Waals surface area contributed by atoms with E-state index in [2.05, 4.69) is 0 Å². The van der Waals surface area contributed by atoms with Crippen LogP contribution in [0.2, 0.25) is 5.02 Å². The molecule has 1 aromatic carbocycles. The molecule has 1 heterocycles. The average molecular weight is 300 g/mol. The Bertz CT molecular complexity index is 704. The lowest BCUT2D eigenvalue weighted by atomic mass is 10.2. The maximum atomic E-state index is 11.6. The first-order valence-corrected chi connectivity index (χ1v) is 7.50. The van der Waals surface area contributed by atoms with Crippen LogP contribution in [-0.4, -0.2) is 20.6 Å². The molecule has 7 heteroatoms. The molecule has 1 aromatic heterocycles. The van der Waals surface area contributed by atoms with Crippen LogP contribution in [0, 0.1) is 0 Å². The van der Waals surface area contributed by atoms with Crippen molar-refractivity contribution in [2.75, 3.05) is 6.26 Å². The minimum atomic E-state index is -3.61. The van der Waals surface area contributed by atoms with Gasteiger partial charge in [0.15, 0.2) is 5.76 Å². The van der Waals surface area contributed by atoms with Crippen LogP contribution in [0.25, 0.3) is 11.3 Å². The van der Waals surface area contributed by atoms with Gasteiger partial charge in [-0.2, -0.15) is 0 Å². The zero-order valence-electron chi connectivity index (χ0n) is 9.88. The standard InChI is InChI=1S/C12H10ClNO4S/c1-19(16,17)14-12(15)11-7-6-10(18-11)8-2-4-9(13)5-3-8/h2-7H,1H3,(H,14,15). The summed E-state index contributed by atoms with van der Waals surface area (Å²) in [6, 6.07) is 9.84. The van der Waals surface area contributed by atoms with Crippen molar-refractivity contribution in [1.82, 2.24) is 4.72 Å². The van der Waals surface area contributed by atoms with Crippen molar-refractivity contribution in [3.05, 3.63) is 47.2 Å². The third-order valence-electron chi connectivity index (χ3n) is 2.24. The number of benzene rings is 1. The lowest BCUT2D eigenvalue weighted by Crippen LogP contribution is -2.28. The highest BCUT2D eigenvalue weighted by Crippen LogP contribution is 2.23. The Morgan fingerprint density at radius 3 is 2.37 bits per heavy atom. The summed E-state index contributed by atoms with van der Waals surface area (Å²) in [5.41, 5.74) is 0.739. The molecule has 0 saturated carbocycles. The minimum absolute atomic E-state index is 0.0737. The summed E-state index contributed by atoms with van der Waals surface area (Å²) < 4.78 is 29.0. The van der Waals surface area contributed by atoms with Crippen LogP contribution in [0.5, 0.6) is 0 Å². The third-order valence-corrected chi connectivity index (χ3v) is 3.04. The fourth-order valence-corrected chi connectivity index (χ4v) is 2.01. The van der Waals surface area contributed by atoms with Gasteiger partial charge in [-0.25, -0.2) is 13.1 Å². The molecule has 0 saturated heterocycles. The van der Waals surface area contributed by atoms with Gasteiger partial charge in [0, 0.05) is 10.6 Å². The van der Waals surface area contributed by atoms with E-state index in [1.54, 1.807) is 30.3 Å². The molecule has 5 nitrogen and oxygen atoms in total. The first kappa shape index (κ1) is 13.6. The number of nitrogens with one attached hydrogen (secondary N) is 1. The second-order valence-corrected chi connectivity index (χ2v) is 6.06. The van der Waals surface area contributed by atoms with E-state index >= 15 is 0 Å². The number of rotatable bonds is 3. The minimum Gasteiger partial charge on any atom is -0.451 e. The number of hydrogen-bond acceptors (Lipinski definition) is 4. The molecule has 0 atom stereocenters. The van der Waals surface area contributed by atoms with E-state index in [4.69, 9.17) is 16.0 Å². The van der Waals surface area contributed by atoms with Crippen molar-refractivity contribution in [3.63, 3.8) is 0 Å². The van der Waals surface area contributed by atoms with Gasteiger partial charge >= 0.3 is 0 Å². The summed E-state index contributed by atoms with van der Waals surface area (Å²) >= 11 is 5.77. The first-order valence-electron chi connectivity index (χ1n) is 5.23. The summed E-state index contributed by atoms with van der Waals surface area (Å²) in [6.45, 7) is 0. The normalized spacial score (nSPS) is 11.3. The summed E-state index contributed by atoms with van der Waals surface area (Å²) in [5, 5.41) is 0.588. The molecule has 0 spiro atoms. The number of carbonyl (C=O) groups excluding carboxylic acids is 1. The summed E-state index contributed by atoms with van der Waals surface area (Å²) in [6.07, 6.45) is 0.897. The largest absolute Gasteiger partial charge is 0.451 e. The molecule has 1 amide bonds. The lowest BCUT2D eigenvalue weighted by molar-refractivity contribution is 0.0955. The van der Waals surface area contributed by atoms with Crippen molar-refractivity contribution in [1.29, 1.82) is 0 Å². The van der Waals surface area contributed by atoms with Gasteiger partial charge in [0.25, 0.3) is 5.91 Å². The smallest absolute Gasteiger partial charge is 0.300 e. The van der Waals surface area contributed by atoms with E-state index in [0.717, 1.165) is 11.8 Å². The number of hydrogen-bond donors (Lipinski definition) is 1. The van der Waals surface area contributed by atoms with Crippen LogP contribution >= 0.6 is 11.6 Å². The average Bonchev–Trinajstić information content (AvgIpc) is 2.77. The van der Waals surface area contributed by atoms with Gasteiger partial charge in [0.1, 0.15) is 5.76 Å². The van der Waals surface area contributed by atoms with Crippen LogP contribution in [0.3, 0.4) is 0 Å². The van der Waals surface area contributed by atoms with Crippen molar-refractivity contribution in [2.24, 2.45) is 0 Å². The highest BCUT2D eigenvalue weighted by molar-refractivity contribution is 7.89. The molecule has 0 aliphatic heterocycles. The Kier molecular flexibility index (Phi) is 3.64. The van der Waals surface area contributed by atoms with Crippen LogP contribution in [-0.2, 0) is 10.0 Å². The van der Waals surface area contributed by atoms with E-state index in [9.17, 15) is 13.2 Å². The van der Waals surface area contributed by atoms with Gasteiger partial charge < -0.3 is 4.42 Å². The van der Waals surface area contributed by atoms with Crippen molar-refractivity contribution >= 4 is 27.5 Å². The molecule has 2 aromatic rings. The molecule has 0 unspecified atom stereocenters. The summed E-state index contributed by atoms with van der Waals surface area (Å²) in [5.74, 6) is -0.423. The lowest BCUT2D eigenvalue weighted by Gasteiger charge is -1.99. The van der Waals surface area contributed by atoms with Crippen molar-refractivity contribution < 1.29 is 17.6 Å². The fourth-order valence-electron chi connectivity index (χ4n) is 1.45. The van der Waals surface area contributed by atoms with Crippen LogP contribution in [0.15, 0.2) is 40.8 Å². The Labute approximate surface area is 115 Å². The van der Waals surface area contributed by atoms with Gasteiger partial charge in [-0.15, -0.1) is 0 Å². The molecular weight excluding hydrogens is 290 g/mol. The molecular formula is C12H10ClNO4S. The Morgan fingerprint density at radius 1 is 1.16 bits per heavy atom. The SMILES string of the molecule is CS(=O)(=O)NC(=O)c1ccc(-c2ccc(Cl)cc2)o1. The predicted molar refractivity (Wildman–Crippen MR) is 71.5 cm³/mol. The number of carbonyl (C=O) groups is 1. The zero-order valence-corrected chi connectivity index (χ0v) is 11.5. The molecule has 0 radical (unpaired) electrons. The number of furan rings is 1. The summed E-state index contributed by atoms with van der Waals surface area (Å²) in [7, 11) is -3.61. The van der Waals surface area contributed by atoms with Gasteiger partial charge in [0.2, 0.25) is 10.0 Å². The van der Waals surface area contributed by atoms with E-state index in [1.807, 2.05) is 4.72 Å². The summed E-state index contributed by atoms with van der Waals surface area (Å²) in [4.78, 5) is 11.6. The van der Waals surface area contributed by atoms with Crippen molar-refractivity contribution in [3.8, 4) is 11.3 Å². The molecule has 2 rings (SSSR count). The molecule has 0 aliphatic rings. The Morgan fingerprint density at radius 2 is 1.79 bits per heavy atom. The molecule has 0 fully saturated rings. The molecule has 0 bridgehead atoms. The highest BCUT2D eigenvalue weighted by atomic mass is 35.5. The second kappa shape index (κ2) is 5.07. The van der Waals surface area contributed by atoms with Gasteiger partial charge in [-0.3, -0.25) is 4.79 Å². The highest BCUT2D eigenvalue weighted by Gasteiger charge is 2.15. The van der Waals surface area contributed by atoms with Gasteiger partial charge in [-0.05, 0) is 36.4 Å². The maximum absolute atomic E-state index is 11.6. The van der Waals surface area contributed by atoms with Crippen LogP contribution in [0.4, 0.5) is 0 Å². The predicted octanol–water partition coefficient (Wildman–Crippen LogP) is 2.29. The van der Waals surface area contributed by atoms with Crippen molar-refractivity contribution in [2.45, 2.75) is 0 Å². The van der Waals surface area contributed by atoms with E-state index in [1.165, 1.54) is 6.07 Å². The zero-order chi connectivity index (χ0) is 14.0. The maximum Gasteiger partial charge on any atom is 0.300 e. The van der Waals surface area contributed by atoms with Gasteiger partial charge in [0.05, 0.1) is 6.26 Å². The molecule has 0 aliphatic carbocycles. The van der Waals surface area contributed by atoms with Crippen LogP contribution < -0.4 is 4.72 Å². The van der Waals surface area contributed by atoms with E-state index < -0.39 is 15.9 Å². The monoisotopic (exact) mass is 299 g/mol. The third kappa shape index (κ3) is 3.59. The molecule has 19 heavy (non-hydrogen) atoms.